The van der Waals surface area contributed by atoms with Gasteiger partial charge in [0.2, 0.25) is 0 Å². The SMILES string of the molecule is C[C@@H]1O[C@H](O[C@@H]2[C@@H](O)[C@H](O)[C@@H](O[C@@H]3CC[C@@]4(C)[C@H]5C=C[C@@]67OC[C@]8(CCC(C)(C)C[C@H]86)[C@H](O)C[C@@]7(C)[C@]5(C)CC[C@H]4C3(C)C)O[C@H]2CO[C@H]2O[C@@H](CO)[C@H](O)[C@@H](O)[C@@H]2O)[C@@H](O)[C@H](O)[C@H]1O. The van der Waals surface area contributed by atoms with Crippen LogP contribution in [0.4, 0.5) is 0 Å². The lowest BCUT2D eigenvalue weighted by molar-refractivity contribution is -0.374. The molecule has 25 atom stereocenters. The third-order valence-corrected chi connectivity index (χ3v) is 19.9. The number of aliphatic hydroxyl groups excluding tert-OH is 10. The smallest absolute Gasteiger partial charge is 0.187 e. The first kappa shape index (κ1) is 49.1. The Hall–Kier alpha value is -0.940. The van der Waals surface area contributed by atoms with Crippen molar-refractivity contribution in [2.24, 2.45) is 50.2 Å². The maximum absolute atomic E-state index is 12.2. The average molecular weight is 927 g/mol. The number of hydrogen-bond acceptors (Lipinski definition) is 17. The summed E-state index contributed by atoms with van der Waals surface area (Å²) >= 11 is 0. The Labute approximate surface area is 382 Å². The van der Waals surface area contributed by atoms with Crippen LogP contribution in [0, 0.1) is 50.2 Å². The zero-order chi connectivity index (χ0) is 47.2. The zero-order valence-corrected chi connectivity index (χ0v) is 39.3. The third kappa shape index (κ3) is 7.09. The summed E-state index contributed by atoms with van der Waals surface area (Å²) in [7, 11) is 0. The predicted octanol–water partition coefficient (Wildman–Crippen LogP) is 0.629. The number of fused-ring (bicyclic) bond motifs is 4. The monoisotopic (exact) mass is 927 g/mol. The van der Waals surface area contributed by atoms with Crippen LogP contribution < -0.4 is 0 Å². The van der Waals surface area contributed by atoms with Gasteiger partial charge >= 0.3 is 0 Å². The summed E-state index contributed by atoms with van der Waals surface area (Å²) in [6.07, 6.45) is -12.0. The van der Waals surface area contributed by atoms with Gasteiger partial charge in [-0.15, -0.1) is 0 Å². The molecule has 4 saturated heterocycles. The standard InChI is InChI=1S/C48H78O17/c1-22-30(51)32(53)36(57)40(61-22)65-38-24(20-59-39-35(56)33(54)31(52)23(19-49)62-39)63-41(37(58)34(38)55)64-29-11-12-44(6)25(43(29,4)5)9-13-45(7)26(44)10-14-48-27-17-42(2,3)15-16-47(27,21-60-48)28(50)18-46(45,48)8/h10,14,22-41,49-58H,9,11-13,15-21H2,1-8H3/t22-,23-,24-,25-,26+,27+,28+,29+,30-,31-,32+,33+,34-,35-,36-,37-,38-,39-,40+,41+,44+,45+,46-,47-,48+/m0/s1. The highest BCUT2D eigenvalue weighted by Gasteiger charge is 2.79. The van der Waals surface area contributed by atoms with Crippen molar-refractivity contribution in [2.45, 2.75) is 217 Å². The van der Waals surface area contributed by atoms with E-state index in [1.54, 1.807) is 0 Å². The Morgan fingerprint density at radius 3 is 1.98 bits per heavy atom. The van der Waals surface area contributed by atoms with Crippen LogP contribution in [-0.2, 0) is 33.2 Å². The van der Waals surface area contributed by atoms with E-state index in [4.69, 9.17) is 33.2 Å². The quantitative estimate of drug-likeness (QED) is 0.118. The molecule has 9 rings (SSSR count). The van der Waals surface area contributed by atoms with Gasteiger partial charge in [-0.2, -0.15) is 0 Å². The van der Waals surface area contributed by atoms with Crippen LogP contribution in [0.25, 0.3) is 0 Å². The maximum Gasteiger partial charge on any atom is 0.187 e. The highest BCUT2D eigenvalue weighted by Crippen LogP contribution is 2.79. The van der Waals surface area contributed by atoms with Crippen molar-refractivity contribution in [1.82, 2.24) is 0 Å². The molecule has 0 radical (unpaired) electrons. The fourth-order valence-electron chi connectivity index (χ4n) is 15.7. The second-order valence-corrected chi connectivity index (χ2v) is 24.0. The molecule has 2 bridgehead atoms. The van der Waals surface area contributed by atoms with Crippen LogP contribution in [0.3, 0.4) is 0 Å². The molecule has 4 saturated carbocycles. The van der Waals surface area contributed by atoms with Crippen LogP contribution in [0.2, 0.25) is 0 Å². The second-order valence-electron chi connectivity index (χ2n) is 24.0. The largest absolute Gasteiger partial charge is 0.394 e. The molecule has 5 aliphatic carbocycles. The number of rotatable bonds is 8. The zero-order valence-electron chi connectivity index (χ0n) is 39.3. The molecule has 1 spiro atoms. The van der Waals surface area contributed by atoms with Gasteiger partial charge < -0.3 is 84.2 Å². The summed E-state index contributed by atoms with van der Waals surface area (Å²) in [4.78, 5) is 0. The van der Waals surface area contributed by atoms with Crippen LogP contribution in [0.15, 0.2) is 12.2 Å². The van der Waals surface area contributed by atoms with Gasteiger partial charge in [0.25, 0.3) is 0 Å². The van der Waals surface area contributed by atoms with Crippen LogP contribution in [0.5, 0.6) is 0 Å². The van der Waals surface area contributed by atoms with Crippen molar-refractivity contribution in [2.75, 3.05) is 19.8 Å². The van der Waals surface area contributed by atoms with Gasteiger partial charge in [-0.1, -0.05) is 60.6 Å². The molecule has 372 valence electrons. The van der Waals surface area contributed by atoms with Crippen molar-refractivity contribution in [1.29, 1.82) is 0 Å². The summed E-state index contributed by atoms with van der Waals surface area (Å²) in [5.74, 6) is 0.593. The average Bonchev–Trinajstić information content (AvgIpc) is 3.52. The normalized spacial score (nSPS) is 58.0. The van der Waals surface area contributed by atoms with Gasteiger partial charge in [-0.25, -0.2) is 0 Å². The van der Waals surface area contributed by atoms with E-state index < -0.39 is 129 Å². The van der Waals surface area contributed by atoms with Gasteiger partial charge in [0.1, 0.15) is 67.1 Å². The van der Waals surface area contributed by atoms with Crippen LogP contribution in [0.1, 0.15) is 107 Å². The Balaban J connectivity index is 0.958. The Morgan fingerprint density at radius 2 is 1.28 bits per heavy atom. The fraction of sp³-hybridized carbons (Fsp3) is 0.958. The maximum atomic E-state index is 12.2. The number of aliphatic hydroxyl groups is 10. The lowest BCUT2D eigenvalue weighted by atomic mass is 9.32. The van der Waals surface area contributed by atoms with E-state index in [1.807, 2.05) is 0 Å². The lowest BCUT2D eigenvalue weighted by Gasteiger charge is -2.73. The fourth-order valence-corrected chi connectivity index (χ4v) is 15.7. The van der Waals surface area contributed by atoms with E-state index in [1.165, 1.54) is 6.92 Å². The first-order valence-electron chi connectivity index (χ1n) is 24.3. The molecule has 0 aromatic heterocycles. The van der Waals surface area contributed by atoms with Crippen molar-refractivity contribution >= 4 is 0 Å². The molecule has 0 aromatic carbocycles. The first-order chi connectivity index (χ1) is 30.3. The van der Waals surface area contributed by atoms with Crippen molar-refractivity contribution < 1.29 is 84.2 Å². The Bertz CT molecular complexity index is 1780. The molecule has 0 aromatic rings. The highest BCUT2D eigenvalue weighted by molar-refractivity contribution is 5.36. The third-order valence-electron chi connectivity index (χ3n) is 19.9. The van der Waals surface area contributed by atoms with Gasteiger partial charge in [0.15, 0.2) is 18.9 Å². The molecule has 4 heterocycles. The summed E-state index contributed by atoms with van der Waals surface area (Å²) < 4.78 is 43.5. The molecule has 17 heteroatoms. The van der Waals surface area contributed by atoms with Gasteiger partial charge in [-0.05, 0) is 91.8 Å². The number of allylic oxidation sites excluding steroid dienone is 1. The topological polar surface area (TPSA) is 267 Å². The van der Waals surface area contributed by atoms with E-state index in [2.05, 4.69) is 60.6 Å². The predicted molar refractivity (Wildman–Crippen MR) is 228 cm³/mol. The van der Waals surface area contributed by atoms with E-state index in [0.29, 0.717) is 19.4 Å². The van der Waals surface area contributed by atoms with Crippen molar-refractivity contribution in [3.63, 3.8) is 0 Å². The van der Waals surface area contributed by atoms with Gasteiger partial charge in [-0.3, -0.25) is 0 Å². The molecular formula is C48H78O17. The van der Waals surface area contributed by atoms with E-state index in [-0.39, 0.29) is 44.8 Å². The minimum atomic E-state index is -1.75. The van der Waals surface area contributed by atoms with Crippen LogP contribution >= 0.6 is 0 Å². The lowest BCUT2D eigenvalue weighted by Crippen LogP contribution is -2.72. The number of hydrogen-bond donors (Lipinski definition) is 10. The van der Waals surface area contributed by atoms with E-state index in [9.17, 15) is 51.1 Å². The minimum absolute atomic E-state index is 0.163. The molecule has 8 fully saturated rings. The van der Waals surface area contributed by atoms with E-state index >= 15 is 0 Å². The Morgan fingerprint density at radius 1 is 0.631 bits per heavy atom. The van der Waals surface area contributed by atoms with Crippen LogP contribution in [-0.4, -0.2) is 181 Å². The molecule has 0 unspecified atom stereocenters. The second kappa shape index (κ2) is 16.6. The minimum Gasteiger partial charge on any atom is -0.394 e. The van der Waals surface area contributed by atoms with E-state index in [0.717, 1.165) is 38.5 Å². The molecule has 65 heavy (non-hydrogen) atoms. The van der Waals surface area contributed by atoms with Crippen molar-refractivity contribution in [3.05, 3.63) is 12.2 Å². The molecule has 17 nitrogen and oxygen atoms in total. The molecule has 4 aliphatic heterocycles. The molecule has 10 N–H and O–H groups in total. The Kier molecular flexibility index (Phi) is 12.5. The first-order valence-corrected chi connectivity index (χ1v) is 24.3. The molecule has 9 aliphatic rings. The van der Waals surface area contributed by atoms with Gasteiger partial charge in [0.05, 0.1) is 43.7 Å². The summed E-state index contributed by atoms with van der Waals surface area (Å²) in [6, 6.07) is 0. The molecule has 0 amide bonds. The van der Waals surface area contributed by atoms with Gasteiger partial charge in [0, 0.05) is 16.7 Å². The molecular weight excluding hydrogens is 849 g/mol. The highest BCUT2D eigenvalue weighted by atomic mass is 16.8. The number of ether oxygens (including phenoxy) is 7. The summed E-state index contributed by atoms with van der Waals surface area (Å²) in [5.41, 5.74) is -1.61. The van der Waals surface area contributed by atoms with Crippen molar-refractivity contribution in [3.8, 4) is 0 Å². The summed E-state index contributed by atoms with van der Waals surface area (Å²) in [5, 5.41) is 109. The summed E-state index contributed by atoms with van der Waals surface area (Å²) in [6.45, 7) is 17.2.